The smallest absolute Gasteiger partial charge is 0.248 e. The van der Waals surface area contributed by atoms with Crippen LogP contribution in [0.4, 0.5) is 0 Å². The van der Waals surface area contributed by atoms with Crippen molar-refractivity contribution in [1.82, 2.24) is 4.90 Å². The monoisotopic (exact) mass is 285 g/mol. The Hall–Kier alpha value is -0.393. The molecule has 4 nitrogen and oxygen atoms in total. The number of piperidine rings is 1. The zero-order valence-corrected chi connectivity index (χ0v) is 13.9. The Kier molecular flexibility index (Phi) is 4.09. The lowest BCUT2D eigenvalue weighted by Crippen LogP contribution is -2.56. The maximum absolute atomic E-state index is 11.7. The van der Waals surface area contributed by atoms with Crippen LogP contribution in [0.2, 0.25) is 18.1 Å². The van der Waals surface area contributed by atoms with E-state index in [1.165, 1.54) is 0 Å². The van der Waals surface area contributed by atoms with Crippen LogP contribution in [0.1, 0.15) is 33.6 Å². The molecule has 2 atom stereocenters. The van der Waals surface area contributed by atoms with Gasteiger partial charge < -0.3 is 14.1 Å². The first kappa shape index (κ1) is 15.0. The van der Waals surface area contributed by atoms with E-state index in [0.29, 0.717) is 6.61 Å². The second-order valence-corrected chi connectivity index (χ2v) is 12.0. The van der Waals surface area contributed by atoms with Crippen molar-refractivity contribution in [3.63, 3.8) is 0 Å². The lowest BCUT2D eigenvalue weighted by molar-refractivity contribution is -0.152. The maximum Gasteiger partial charge on any atom is 0.248 e. The number of carbonyl (C=O) groups excluding carboxylic acids is 1. The van der Waals surface area contributed by atoms with E-state index < -0.39 is 8.32 Å². The van der Waals surface area contributed by atoms with Crippen molar-refractivity contribution in [3.05, 3.63) is 0 Å². The molecule has 0 spiro atoms. The fraction of sp³-hybridized carbons (Fsp3) is 0.929. The molecule has 0 saturated carbocycles. The summed E-state index contributed by atoms with van der Waals surface area (Å²) in [6.45, 7) is 13.1. The number of nitrogens with zero attached hydrogens (tertiary/aromatic N) is 1. The molecule has 0 N–H and O–H groups in total. The van der Waals surface area contributed by atoms with Crippen molar-refractivity contribution in [3.8, 4) is 0 Å². The minimum absolute atomic E-state index is 0.141. The molecule has 0 aliphatic carbocycles. The van der Waals surface area contributed by atoms with Crippen molar-refractivity contribution in [1.29, 1.82) is 0 Å². The average Bonchev–Trinajstić information content (AvgIpc) is 2.27. The van der Waals surface area contributed by atoms with Crippen molar-refractivity contribution in [2.24, 2.45) is 0 Å². The van der Waals surface area contributed by atoms with Crippen LogP contribution in [0, 0.1) is 0 Å². The second-order valence-electron chi connectivity index (χ2n) is 7.28. The van der Waals surface area contributed by atoms with E-state index in [4.69, 9.17) is 9.16 Å². The summed E-state index contributed by atoms with van der Waals surface area (Å²) in [4.78, 5) is 13.7. The Bertz CT molecular complexity index is 351. The van der Waals surface area contributed by atoms with E-state index in [2.05, 4.69) is 33.9 Å². The highest BCUT2D eigenvalue weighted by Crippen LogP contribution is 2.39. The third kappa shape index (κ3) is 3.20. The number of rotatable bonds is 2. The third-order valence-corrected chi connectivity index (χ3v) is 9.33. The van der Waals surface area contributed by atoms with Gasteiger partial charge in [0.2, 0.25) is 5.91 Å². The van der Waals surface area contributed by atoms with Gasteiger partial charge in [-0.3, -0.25) is 4.79 Å². The van der Waals surface area contributed by atoms with Gasteiger partial charge >= 0.3 is 0 Å². The van der Waals surface area contributed by atoms with E-state index in [0.717, 1.165) is 19.4 Å². The highest BCUT2D eigenvalue weighted by atomic mass is 28.4. The molecule has 2 rings (SSSR count). The van der Waals surface area contributed by atoms with Crippen LogP contribution in [0.5, 0.6) is 0 Å². The highest BCUT2D eigenvalue weighted by molar-refractivity contribution is 6.74. The molecular formula is C14H27NO3Si. The Morgan fingerprint density at radius 1 is 1.37 bits per heavy atom. The summed E-state index contributed by atoms with van der Waals surface area (Å²) in [6, 6.07) is 0.227. The molecule has 0 bridgehead atoms. The van der Waals surface area contributed by atoms with Crippen molar-refractivity contribution in [2.75, 3.05) is 19.8 Å². The van der Waals surface area contributed by atoms with Gasteiger partial charge in [0.15, 0.2) is 8.32 Å². The number of hydrogen-bond acceptors (Lipinski definition) is 3. The quantitative estimate of drug-likeness (QED) is 0.731. The number of hydrogen-bond donors (Lipinski definition) is 0. The predicted molar refractivity (Wildman–Crippen MR) is 77.6 cm³/mol. The van der Waals surface area contributed by atoms with Crippen LogP contribution in [0.15, 0.2) is 0 Å². The Morgan fingerprint density at radius 2 is 2.05 bits per heavy atom. The van der Waals surface area contributed by atoms with Gasteiger partial charge in [0.1, 0.15) is 6.61 Å². The van der Waals surface area contributed by atoms with Crippen molar-refractivity contribution >= 4 is 14.2 Å². The Morgan fingerprint density at radius 3 is 2.68 bits per heavy atom. The number of morpholine rings is 1. The molecule has 110 valence electrons. The van der Waals surface area contributed by atoms with E-state index >= 15 is 0 Å². The minimum atomic E-state index is -1.71. The van der Waals surface area contributed by atoms with Gasteiger partial charge in [0.25, 0.3) is 0 Å². The fourth-order valence-electron chi connectivity index (χ4n) is 2.57. The van der Waals surface area contributed by atoms with Crippen LogP contribution in [-0.2, 0) is 14.0 Å². The number of amides is 1. The van der Waals surface area contributed by atoms with Crippen LogP contribution in [0.25, 0.3) is 0 Å². The van der Waals surface area contributed by atoms with Gasteiger partial charge in [-0.1, -0.05) is 20.8 Å². The molecule has 5 heteroatoms. The standard InChI is InChI=1S/C14H27NO3Si/c1-14(2,3)19(4,5)18-12-6-7-15-11(8-12)9-17-10-13(15)16/h11-12H,6-10H2,1-5H3/t11-,12-/m0/s1. The second kappa shape index (κ2) is 5.18. The van der Waals surface area contributed by atoms with Gasteiger partial charge in [-0.05, 0) is 31.0 Å². The minimum Gasteiger partial charge on any atom is -0.414 e. The van der Waals surface area contributed by atoms with Crippen molar-refractivity contribution < 1.29 is 14.0 Å². The summed E-state index contributed by atoms with van der Waals surface area (Å²) in [7, 11) is -1.71. The number of ether oxygens (including phenoxy) is 1. The maximum atomic E-state index is 11.7. The SMILES string of the molecule is CC(C)(C)[Si](C)(C)O[C@H]1CCN2C(=O)COC[C@@H]2C1. The van der Waals surface area contributed by atoms with Crippen LogP contribution in [-0.4, -0.2) is 51.0 Å². The zero-order valence-electron chi connectivity index (χ0n) is 12.9. The highest BCUT2D eigenvalue weighted by Gasteiger charge is 2.42. The summed E-state index contributed by atoms with van der Waals surface area (Å²) in [5.74, 6) is 0.141. The normalized spacial score (nSPS) is 29.3. The van der Waals surface area contributed by atoms with Gasteiger partial charge in [-0.2, -0.15) is 0 Å². The largest absolute Gasteiger partial charge is 0.414 e. The number of carbonyl (C=O) groups is 1. The molecule has 2 aliphatic heterocycles. The summed E-state index contributed by atoms with van der Waals surface area (Å²) in [5.41, 5.74) is 0. The van der Waals surface area contributed by atoms with Gasteiger partial charge in [0, 0.05) is 12.6 Å². The van der Waals surface area contributed by atoms with Crippen LogP contribution in [0.3, 0.4) is 0 Å². The first-order valence-electron chi connectivity index (χ1n) is 7.26. The Labute approximate surface area is 117 Å². The van der Waals surface area contributed by atoms with Gasteiger partial charge in [-0.15, -0.1) is 0 Å². The topological polar surface area (TPSA) is 38.8 Å². The summed E-state index contributed by atoms with van der Waals surface area (Å²) < 4.78 is 11.8. The summed E-state index contributed by atoms with van der Waals surface area (Å²) in [5, 5.41) is 0.239. The average molecular weight is 285 g/mol. The lowest BCUT2D eigenvalue weighted by atomic mass is 9.99. The molecule has 0 aromatic rings. The molecule has 0 radical (unpaired) electrons. The van der Waals surface area contributed by atoms with E-state index in [1.54, 1.807) is 0 Å². The van der Waals surface area contributed by atoms with Gasteiger partial charge in [0.05, 0.1) is 12.6 Å². The third-order valence-electron chi connectivity index (χ3n) is 4.79. The lowest BCUT2D eigenvalue weighted by Gasteiger charge is -2.46. The zero-order chi connectivity index (χ0) is 14.3. The molecule has 0 unspecified atom stereocenters. The van der Waals surface area contributed by atoms with Gasteiger partial charge in [-0.25, -0.2) is 0 Å². The van der Waals surface area contributed by atoms with E-state index in [9.17, 15) is 4.79 Å². The van der Waals surface area contributed by atoms with Crippen LogP contribution < -0.4 is 0 Å². The first-order chi connectivity index (χ1) is 8.71. The molecule has 19 heavy (non-hydrogen) atoms. The van der Waals surface area contributed by atoms with Crippen molar-refractivity contribution in [2.45, 2.75) is 63.9 Å². The molecule has 0 aromatic heterocycles. The number of fused-ring (bicyclic) bond motifs is 1. The first-order valence-corrected chi connectivity index (χ1v) is 10.2. The Balaban J connectivity index is 1.96. The molecule has 2 aliphatic rings. The summed E-state index contributed by atoms with van der Waals surface area (Å²) in [6.07, 6.45) is 2.18. The molecule has 1 amide bonds. The molecular weight excluding hydrogens is 258 g/mol. The molecule has 2 fully saturated rings. The summed E-state index contributed by atoms with van der Waals surface area (Å²) >= 11 is 0. The van der Waals surface area contributed by atoms with E-state index in [-0.39, 0.29) is 29.7 Å². The molecule has 2 heterocycles. The van der Waals surface area contributed by atoms with E-state index in [1.807, 2.05) is 4.90 Å². The molecule has 2 saturated heterocycles. The fourth-order valence-corrected chi connectivity index (χ4v) is 3.97. The predicted octanol–water partition coefficient (Wildman–Crippen LogP) is 2.40. The molecule has 0 aromatic carbocycles. The van der Waals surface area contributed by atoms with Crippen LogP contribution >= 0.6 is 0 Å².